The van der Waals surface area contributed by atoms with E-state index < -0.39 is 0 Å². The van der Waals surface area contributed by atoms with Gasteiger partial charge in [-0.25, -0.2) is 0 Å². The number of nitrogens with zero attached hydrogens (tertiary/aromatic N) is 4. The predicted octanol–water partition coefficient (Wildman–Crippen LogP) is 4.10. The Morgan fingerprint density at radius 3 is 2.60 bits per heavy atom. The van der Waals surface area contributed by atoms with Crippen LogP contribution >= 0.6 is 46.1 Å². The van der Waals surface area contributed by atoms with E-state index in [2.05, 4.69) is 10.00 Å². The third-order valence-electron chi connectivity index (χ3n) is 4.41. The van der Waals surface area contributed by atoms with Crippen LogP contribution in [0.4, 0.5) is 0 Å². The lowest BCUT2D eigenvalue weighted by Gasteiger charge is -2.22. The number of rotatable bonds is 3. The van der Waals surface area contributed by atoms with Gasteiger partial charge in [-0.3, -0.25) is 14.4 Å². The molecule has 2 aromatic heterocycles. The van der Waals surface area contributed by atoms with E-state index in [-0.39, 0.29) is 5.91 Å². The maximum atomic E-state index is 12.7. The number of hydrogen-bond acceptors (Lipinski definition) is 4. The Balaban J connectivity index is 1.66. The number of carbonyl (C=O) groups is 1. The molecule has 3 heterocycles. The van der Waals surface area contributed by atoms with Crippen LogP contribution in [0, 0.1) is 6.92 Å². The third kappa shape index (κ3) is 4.14. The van der Waals surface area contributed by atoms with Crippen molar-refractivity contribution in [1.82, 2.24) is 19.6 Å². The molecule has 1 saturated heterocycles. The highest BCUT2D eigenvalue weighted by molar-refractivity contribution is 7.20. The molecule has 0 N–H and O–H groups in total. The average molecular weight is 422 g/mol. The highest BCUT2D eigenvalue weighted by Crippen LogP contribution is 2.32. The molecule has 1 aliphatic heterocycles. The first kappa shape index (κ1) is 19.0. The molecule has 136 valence electrons. The van der Waals surface area contributed by atoms with Crippen LogP contribution in [0.5, 0.6) is 0 Å². The first-order valence-electron chi connectivity index (χ1n) is 8.01. The summed E-state index contributed by atoms with van der Waals surface area (Å²) in [5.74, 6) is -0.0504. The van der Waals surface area contributed by atoms with Crippen molar-refractivity contribution in [3.8, 4) is 0 Å². The molecule has 0 atom stereocenters. The topological polar surface area (TPSA) is 41.4 Å². The maximum absolute atomic E-state index is 12.7. The van der Waals surface area contributed by atoms with Crippen LogP contribution in [0.3, 0.4) is 0 Å². The minimum absolute atomic E-state index is 0.0504. The number of halogens is 3. The van der Waals surface area contributed by atoms with E-state index in [0.717, 1.165) is 37.3 Å². The van der Waals surface area contributed by atoms with Crippen LogP contribution in [-0.2, 0) is 13.6 Å². The van der Waals surface area contributed by atoms with Gasteiger partial charge in [0.25, 0.3) is 5.91 Å². The fourth-order valence-corrected chi connectivity index (χ4v) is 4.75. The zero-order valence-corrected chi connectivity index (χ0v) is 17.1. The molecule has 0 saturated carbocycles. The summed E-state index contributed by atoms with van der Waals surface area (Å²) in [7, 11) is 1.84. The first-order chi connectivity index (χ1) is 11.9. The molecule has 1 aliphatic rings. The molecule has 0 aliphatic carbocycles. The molecule has 0 aromatic carbocycles. The van der Waals surface area contributed by atoms with Crippen LogP contribution in [0.2, 0.25) is 13.8 Å². The van der Waals surface area contributed by atoms with E-state index in [1.54, 1.807) is 10.7 Å². The van der Waals surface area contributed by atoms with E-state index in [1.807, 2.05) is 18.9 Å². The minimum Gasteiger partial charge on any atom is -0.337 e. The van der Waals surface area contributed by atoms with E-state index in [9.17, 15) is 4.79 Å². The lowest BCUT2D eigenvalue weighted by Crippen LogP contribution is -2.35. The van der Waals surface area contributed by atoms with Crippen LogP contribution in [-0.4, -0.2) is 51.7 Å². The van der Waals surface area contributed by atoms with Gasteiger partial charge in [0, 0.05) is 45.3 Å². The molecule has 0 radical (unpaired) electrons. The van der Waals surface area contributed by atoms with Crippen molar-refractivity contribution in [3.05, 3.63) is 36.7 Å². The summed E-state index contributed by atoms with van der Waals surface area (Å²) in [5, 5.41) is 5.04. The molecule has 0 unspecified atom stereocenters. The van der Waals surface area contributed by atoms with Crippen molar-refractivity contribution in [2.75, 3.05) is 26.2 Å². The number of thiophene rings is 1. The molecular formula is C16H19Cl3N4OS. The van der Waals surface area contributed by atoms with Crippen molar-refractivity contribution >= 4 is 52.0 Å². The third-order valence-corrected chi connectivity index (χ3v) is 6.37. The van der Waals surface area contributed by atoms with Crippen molar-refractivity contribution in [2.45, 2.75) is 19.9 Å². The van der Waals surface area contributed by atoms with Crippen molar-refractivity contribution < 1.29 is 4.79 Å². The molecule has 1 fully saturated rings. The summed E-state index contributed by atoms with van der Waals surface area (Å²) in [5.41, 5.74) is 2.50. The number of hydrogen-bond donors (Lipinski definition) is 0. The Hall–Kier alpha value is -0.790. The Kier molecular flexibility index (Phi) is 5.96. The van der Waals surface area contributed by atoms with Gasteiger partial charge in [-0.05, 0) is 19.4 Å². The molecule has 9 heteroatoms. The van der Waals surface area contributed by atoms with Gasteiger partial charge < -0.3 is 4.90 Å². The van der Waals surface area contributed by atoms with Gasteiger partial charge in [0.15, 0.2) is 0 Å². The first-order valence-corrected chi connectivity index (χ1v) is 9.96. The summed E-state index contributed by atoms with van der Waals surface area (Å²) < 4.78 is 2.68. The minimum atomic E-state index is -0.0504. The van der Waals surface area contributed by atoms with Crippen molar-refractivity contribution in [3.63, 3.8) is 0 Å². The van der Waals surface area contributed by atoms with Crippen LogP contribution in [0.15, 0.2) is 6.07 Å². The second kappa shape index (κ2) is 7.84. The highest BCUT2D eigenvalue weighted by atomic mass is 35.5. The van der Waals surface area contributed by atoms with E-state index in [4.69, 9.17) is 34.8 Å². The van der Waals surface area contributed by atoms with Gasteiger partial charge in [-0.2, -0.15) is 5.10 Å². The molecule has 0 spiro atoms. The molecule has 25 heavy (non-hydrogen) atoms. The molecule has 2 aromatic rings. The van der Waals surface area contributed by atoms with Gasteiger partial charge >= 0.3 is 0 Å². The van der Waals surface area contributed by atoms with E-state index in [0.29, 0.717) is 32.5 Å². The second-order valence-electron chi connectivity index (χ2n) is 6.14. The summed E-state index contributed by atoms with van der Waals surface area (Å²) in [4.78, 5) is 16.9. The number of amides is 1. The normalized spacial score (nSPS) is 16.3. The Morgan fingerprint density at radius 1 is 1.24 bits per heavy atom. The monoisotopic (exact) mass is 420 g/mol. The van der Waals surface area contributed by atoms with E-state index >= 15 is 0 Å². The zero-order valence-electron chi connectivity index (χ0n) is 14.1. The zero-order chi connectivity index (χ0) is 18.1. The number of carbonyl (C=O) groups excluding carboxylic acids is 1. The van der Waals surface area contributed by atoms with E-state index in [1.165, 1.54) is 11.3 Å². The summed E-state index contributed by atoms with van der Waals surface area (Å²) in [6, 6.07) is 1.65. The number of aromatic nitrogens is 2. The maximum Gasteiger partial charge on any atom is 0.256 e. The SMILES string of the molecule is Cc1nn(C)c(Cl)c1CN1CCCN(C(=O)c2cc(Cl)sc2Cl)CC1. The Morgan fingerprint density at radius 2 is 2.00 bits per heavy atom. The fraction of sp³-hybridized carbons (Fsp3) is 0.500. The van der Waals surface area contributed by atoms with Crippen LogP contribution in [0.1, 0.15) is 28.0 Å². The fourth-order valence-electron chi connectivity index (χ4n) is 3.07. The molecule has 5 nitrogen and oxygen atoms in total. The molecule has 1 amide bonds. The average Bonchev–Trinajstić information content (AvgIpc) is 2.90. The molecule has 0 bridgehead atoms. The van der Waals surface area contributed by atoms with Crippen molar-refractivity contribution in [1.29, 1.82) is 0 Å². The quantitative estimate of drug-likeness (QED) is 0.749. The number of aryl methyl sites for hydroxylation is 2. The molecular weight excluding hydrogens is 403 g/mol. The van der Waals surface area contributed by atoms with Gasteiger partial charge in [0.1, 0.15) is 9.49 Å². The summed E-state index contributed by atoms with van der Waals surface area (Å²) in [6.07, 6.45) is 0.901. The second-order valence-corrected chi connectivity index (χ2v) is 8.78. The van der Waals surface area contributed by atoms with Gasteiger partial charge in [-0.1, -0.05) is 34.8 Å². The van der Waals surface area contributed by atoms with Crippen molar-refractivity contribution in [2.24, 2.45) is 7.05 Å². The largest absolute Gasteiger partial charge is 0.337 e. The van der Waals surface area contributed by atoms with Gasteiger partial charge in [0.05, 0.1) is 15.6 Å². The standard InChI is InChI=1S/C16H19Cl3N4OS/c1-10-12(14(18)21(2)20-10)9-22-4-3-5-23(7-6-22)16(24)11-8-13(17)25-15(11)19/h8H,3-7,9H2,1-2H3. The smallest absolute Gasteiger partial charge is 0.256 e. The lowest BCUT2D eigenvalue weighted by atomic mass is 10.2. The summed E-state index contributed by atoms with van der Waals surface area (Å²) >= 11 is 19.6. The predicted molar refractivity (Wildman–Crippen MR) is 103 cm³/mol. The van der Waals surface area contributed by atoms with Gasteiger partial charge in [-0.15, -0.1) is 11.3 Å². The highest BCUT2D eigenvalue weighted by Gasteiger charge is 2.24. The lowest BCUT2D eigenvalue weighted by molar-refractivity contribution is 0.0762. The summed E-state index contributed by atoms with van der Waals surface area (Å²) in [6.45, 7) is 5.76. The van der Waals surface area contributed by atoms with Gasteiger partial charge in [0.2, 0.25) is 0 Å². The van der Waals surface area contributed by atoms with Crippen LogP contribution in [0.25, 0.3) is 0 Å². The Bertz CT molecular complexity index is 789. The van der Waals surface area contributed by atoms with Crippen LogP contribution < -0.4 is 0 Å². The molecule has 3 rings (SSSR count). The Labute approximate surface area is 166 Å².